The van der Waals surface area contributed by atoms with Gasteiger partial charge in [-0.1, -0.05) is 30.3 Å². The molecular formula is C25H23BrFN5O. The SMILES string of the molecule is Cc1cc(F)ccc1Nc1c(C(=O)N2CCC(c3ccccc3)CC2)cnc2c(Br)cnn12. The van der Waals surface area contributed by atoms with E-state index in [4.69, 9.17) is 0 Å². The smallest absolute Gasteiger partial charge is 0.259 e. The molecule has 1 amide bonds. The lowest BCUT2D eigenvalue weighted by atomic mass is 9.89. The molecule has 0 saturated carbocycles. The Morgan fingerprint density at radius 2 is 1.88 bits per heavy atom. The maximum atomic E-state index is 13.6. The Bertz CT molecular complexity index is 1320. The number of aryl methyl sites for hydroxylation is 1. The third kappa shape index (κ3) is 4.23. The number of nitrogens with zero attached hydrogens (tertiary/aromatic N) is 4. The molecule has 1 aliphatic rings. The predicted octanol–water partition coefficient (Wildman–Crippen LogP) is 5.70. The Hall–Kier alpha value is -3.26. The van der Waals surface area contributed by atoms with E-state index in [2.05, 4.69) is 55.6 Å². The molecule has 3 heterocycles. The van der Waals surface area contributed by atoms with Gasteiger partial charge in [0, 0.05) is 25.0 Å². The second kappa shape index (κ2) is 8.94. The Morgan fingerprint density at radius 1 is 1.12 bits per heavy atom. The summed E-state index contributed by atoms with van der Waals surface area (Å²) in [5.41, 5.74) is 3.78. The van der Waals surface area contributed by atoms with Crippen LogP contribution in [0.1, 0.15) is 40.2 Å². The maximum absolute atomic E-state index is 13.6. The third-order valence-electron chi connectivity index (χ3n) is 6.21. The van der Waals surface area contributed by atoms with Crippen molar-refractivity contribution < 1.29 is 9.18 Å². The molecule has 2 aromatic heterocycles. The lowest BCUT2D eigenvalue weighted by molar-refractivity contribution is 0.0713. The van der Waals surface area contributed by atoms with E-state index in [1.54, 1.807) is 23.0 Å². The largest absolute Gasteiger partial charge is 0.339 e. The number of hydrogen-bond acceptors (Lipinski definition) is 4. The number of fused-ring (bicyclic) bond motifs is 1. The van der Waals surface area contributed by atoms with Crippen LogP contribution in [0.5, 0.6) is 0 Å². The van der Waals surface area contributed by atoms with Crippen LogP contribution in [-0.4, -0.2) is 38.5 Å². The number of aromatic nitrogens is 3. The lowest BCUT2D eigenvalue weighted by Gasteiger charge is -2.32. The zero-order valence-electron chi connectivity index (χ0n) is 18.1. The van der Waals surface area contributed by atoms with Gasteiger partial charge in [-0.2, -0.15) is 9.61 Å². The number of amides is 1. The number of rotatable bonds is 4. The first-order valence-electron chi connectivity index (χ1n) is 10.9. The standard InChI is InChI=1S/C25H23BrFN5O/c1-16-13-19(27)7-8-22(16)30-23-20(14-28-24-21(26)15-29-32(23)24)25(33)31-11-9-18(10-12-31)17-5-3-2-4-6-17/h2-8,13-15,18,30H,9-12H2,1H3. The number of likely N-dealkylation sites (tertiary alicyclic amines) is 1. The number of carbonyl (C=O) groups is 1. The van der Waals surface area contributed by atoms with Crippen molar-refractivity contribution in [3.63, 3.8) is 0 Å². The maximum Gasteiger partial charge on any atom is 0.259 e. The van der Waals surface area contributed by atoms with Gasteiger partial charge in [0.1, 0.15) is 17.2 Å². The first kappa shape index (κ1) is 21.6. The molecular weight excluding hydrogens is 485 g/mol. The minimum Gasteiger partial charge on any atom is -0.339 e. The summed E-state index contributed by atoms with van der Waals surface area (Å²) in [5, 5.41) is 7.71. The van der Waals surface area contributed by atoms with Crippen molar-refractivity contribution in [1.82, 2.24) is 19.5 Å². The van der Waals surface area contributed by atoms with E-state index in [-0.39, 0.29) is 11.7 Å². The summed E-state index contributed by atoms with van der Waals surface area (Å²) in [5.74, 6) is 0.565. The van der Waals surface area contributed by atoms with Crippen LogP contribution in [-0.2, 0) is 0 Å². The van der Waals surface area contributed by atoms with Gasteiger partial charge in [0.15, 0.2) is 5.65 Å². The lowest BCUT2D eigenvalue weighted by Crippen LogP contribution is -2.38. The summed E-state index contributed by atoms with van der Waals surface area (Å²) in [7, 11) is 0. The molecule has 33 heavy (non-hydrogen) atoms. The fourth-order valence-corrected chi connectivity index (χ4v) is 4.75. The monoisotopic (exact) mass is 507 g/mol. The second-order valence-electron chi connectivity index (χ2n) is 8.31. The number of carbonyl (C=O) groups excluding carboxylic acids is 1. The van der Waals surface area contributed by atoms with Crippen LogP contribution in [0.15, 0.2) is 65.4 Å². The fraction of sp³-hybridized carbons (Fsp3) is 0.240. The molecule has 0 aliphatic carbocycles. The molecule has 0 unspecified atom stereocenters. The van der Waals surface area contributed by atoms with E-state index >= 15 is 0 Å². The molecule has 0 bridgehead atoms. The van der Waals surface area contributed by atoms with E-state index in [0.717, 1.165) is 22.9 Å². The normalized spacial score (nSPS) is 14.6. The van der Waals surface area contributed by atoms with Gasteiger partial charge in [0.25, 0.3) is 5.91 Å². The van der Waals surface area contributed by atoms with Crippen LogP contribution >= 0.6 is 15.9 Å². The molecule has 1 fully saturated rings. The molecule has 8 heteroatoms. The Morgan fingerprint density at radius 3 is 2.61 bits per heavy atom. The Balaban J connectivity index is 1.45. The molecule has 1 saturated heterocycles. The predicted molar refractivity (Wildman–Crippen MR) is 129 cm³/mol. The highest BCUT2D eigenvalue weighted by Crippen LogP contribution is 2.31. The molecule has 1 aliphatic heterocycles. The van der Waals surface area contributed by atoms with E-state index < -0.39 is 0 Å². The summed E-state index contributed by atoms with van der Waals surface area (Å²) < 4.78 is 16.0. The van der Waals surface area contributed by atoms with Crippen molar-refractivity contribution in [3.8, 4) is 0 Å². The van der Waals surface area contributed by atoms with Gasteiger partial charge in [0.2, 0.25) is 0 Å². The molecule has 0 spiro atoms. The van der Waals surface area contributed by atoms with E-state index in [1.165, 1.54) is 17.7 Å². The number of anilines is 2. The summed E-state index contributed by atoms with van der Waals surface area (Å²) in [6.07, 6.45) is 5.07. The van der Waals surface area contributed by atoms with Gasteiger partial charge in [-0.3, -0.25) is 4.79 Å². The van der Waals surface area contributed by atoms with Crippen molar-refractivity contribution in [2.24, 2.45) is 0 Å². The molecule has 4 aromatic rings. The molecule has 0 atom stereocenters. The van der Waals surface area contributed by atoms with Crippen LogP contribution in [0.2, 0.25) is 0 Å². The van der Waals surface area contributed by atoms with Crippen molar-refractivity contribution >= 4 is 39.0 Å². The zero-order chi connectivity index (χ0) is 22.9. The van der Waals surface area contributed by atoms with Gasteiger partial charge >= 0.3 is 0 Å². The van der Waals surface area contributed by atoms with Crippen molar-refractivity contribution in [2.45, 2.75) is 25.7 Å². The molecule has 0 radical (unpaired) electrons. The van der Waals surface area contributed by atoms with E-state index in [1.807, 2.05) is 17.9 Å². The average Bonchev–Trinajstić information content (AvgIpc) is 3.22. The highest BCUT2D eigenvalue weighted by atomic mass is 79.9. The van der Waals surface area contributed by atoms with Gasteiger partial charge in [-0.25, -0.2) is 9.37 Å². The zero-order valence-corrected chi connectivity index (χ0v) is 19.7. The van der Waals surface area contributed by atoms with Crippen LogP contribution in [0.4, 0.5) is 15.9 Å². The summed E-state index contributed by atoms with van der Waals surface area (Å²) in [6.45, 7) is 3.17. The minimum atomic E-state index is -0.308. The van der Waals surface area contributed by atoms with E-state index in [0.29, 0.717) is 41.7 Å². The quantitative estimate of drug-likeness (QED) is 0.384. The molecule has 168 valence electrons. The Labute approximate surface area is 199 Å². The van der Waals surface area contributed by atoms with Crippen molar-refractivity contribution in [3.05, 3.63) is 87.9 Å². The number of nitrogens with one attached hydrogen (secondary N) is 1. The van der Waals surface area contributed by atoms with Gasteiger partial charge in [-0.15, -0.1) is 0 Å². The average molecular weight is 508 g/mol. The van der Waals surface area contributed by atoms with Crippen LogP contribution in [0.3, 0.4) is 0 Å². The molecule has 6 nitrogen and oxygen atoms in total. The van der Waals surface area contributed by atoms with Crippen molar-refractivity contribution in [2.75, 3.05) is 18.4 Å². The fourth-order valence-electron chi connectivity index (χ4n) is 4.39. The summed E-state index contributed by atoms with van der Waals surface area (Å²) >= 11 is 3.46. The highest BCUT2D eigenvalue weighted by Gasteiger charge is 2.28. The van der Waals surface area contributed by atoms with Crippen molar-refractivity contribution in [1.29, 1.82) is 0 Å². The first-order chi connectivity index (χ1) is 16.0. The Kier molecular flexibility index (Phi) is 5.85. The second-order valence-corrected chi connectivity index (χ2v) is 9.16. The number of halogens is 2. The van der Waals surface area contributed by atoms with Gasteiger partial charge in [0.05, 0.1) is 10.7 Å². The molecule has 5 rings (SSSR count). The van der Waals surface area contributed by atoms with Gasteiger partial charge in [-0.05, 0) is 70.9 Å². The van der Waals surface area contributed by atoms with Crippen LogP contribution in [0, 0.1) is 12.7 Å². The molecule has 2 aromatic carbocycles. The highest BCUT2D eigenvalue weighted by molar-refractivity contribution is 9.10. The summed E-state index contributed by atoms with van der Waals surface area (Å²) in [4.78, 5) is 19.9. The van der Waals surface area contributed by atoms with E-state index in [9.17, 15) is 9.18 Å². The van der Waals surface area contributed by atoms with Gasteiger partial charge < -0.3 is 10.2 Å². The number of hydrogen-bond donors (Lipinski definition) is 1. The topological polar surface area (TPSA) is 62.5 Å². The summed E-state index contributed by atoms with van der Waals surface area (Å²) in [6, 6.07) is 15.0. The minimum absolute atomic E-state index is 0.0928. The first-order valence-corrected chi connectivity index (χ1v) is 11.7. The van der Waals surface area contributed by atoms with Crippen LogP contribution < -0.4 is 5.32 Å². The van der Waals surface area contributed by atoms with Crippen LogP contribution in [0.25, 0.3) is 5.65 Å². The number of benzene rings is 2. The third-order valence-corrected chi connectivity index (χ3v) is 6.77. The molecule has 1 N–H and O–H groups in total. The number of piperidine rings is 1.